The molecule has 1 aromatic carbocycles. The maximum absolute atomic E-state index is 12.2. The molecular weight excluding hydrogens is 329 g/mol. The summed E-state index contributed by atoms with van der Waals surface area (Å²) in [5, 5.41) is 0.0313. The first-order valence-corrected chi connectivity index (χ1v) is 8.23. The minimum absolute atomic E-state index is 0.0313. The highest BCUT2D eigenvalue weighted by molar-refractivity contribution is 7.92. The van der Waals surface area contributed by atoms with Gasteiger partial charge in [-0.25, -0.2) is 13.4 Å². The number of anilines is 1. The van der Waals surface area contributed by atoms with Crippen molar-refractivity contribution in [2.24, 2.45) is 0 Å². The number of carbonyl (C=O) groups is 1. The fourth-order valence-electron chi connectivity index (χ4n) is 1.56. The molecule has 0 bridgehead atoms. The quantitative estimate of drug-likeness (QED) is 0.928. The first kappa shape index (κ1) is 15.7. The molecule has 5 nitrogen and oxygen atoms in total. The van der Waals surface area contributed by atoms with Gasteiger partial charge in [0.2, 0.25) is 15.8 Å². The highest BCUT2D eigenvalue weighted by Gasteiger charge is 2.38. The molecule has 10 heteroatoms. The standard InChI is InChI=1S/C11H9F3N2O3S2/c1-21(18,19)16-6-2-3-7-8(4-6)20-10(15-7)5-9(17)11(12,13)14/h2-4,16H,5H2,1H3. The van der Waals surface area contributed by atoms with E-state index in [1.54, 1.807) is 0 Å². The number of aromatic nitrogens is 1. The third-order valence-electron chi connectivity index (χ3n) is 2.36. The molecular formula is C11H9F3N2O3S2. The summed E-state index contributed by atoms with van der Waals surface area (Å²) in [5.41, 5.74) is 0.686. The van der Waals surface area contributed by atoms with Crippen LogP contribution in [0.4, 0.5) is 18.9 Å². The van der Waals surface area contributed by atoms with Crippen LogP contribution < -0.4 is 4.72 Å². The number of nitrogens with one attached hydrogen (secondary N) is 1. The minimum Gasteiger partial charge on any atom is -0.289 e. The van der Waals surface area contributed by atoms with Crippen molar-refractivity contribution in [3.63, 3.8) is 0 Å². The first-order chi connectivity index (χ1) is 9.54. The Bertz CT molecular complexity index is 797. The number of benzene rings is 1. The van der Waals surface area contributed by atoms with Crippen molar-refractivity contribution >= 4 is 43.0 Å². The first-order valence-electron chi connectivity index (χ1n) is 5.52. The van der Waals surface area contributed by atoms with E-state index in [1.807, 2.05) is 0 Å². The lowest BCUT2D eigenvalue weighted by Crippen LogP contribution is -2.24. The van der Waals surface area contributed by atoms with Crippen molar-refractivity contribution in [1.82, 2.24) is 4.98 Å². The van der Waals surface area contributed by atoms with Crippen LogP contribution in [0, 0.1) is 0 Å². The van der Waals surface area contributed by atoms with Gasteiger partial charge in [-0.15, -0.1) is 11.3 Å². The molecule has 0 radical (unpaired) electrons. The zero-order chi connectivity index (χ0) is 15.8. The van der Waals surface area contributed by atoms with Crippen molar-refractivity contribution in [3.8, 4) is 0 Å². The van der Waals surface area contributed by atoms with E-state index in [4.69, 9.17) is 0 Å². The van der Waals surface area contributed by atoms with Gasteiger partial charge in [0, 0.05) is 0 Å². The van der Waals surface area contributed by atoms with Crippen molar-refractivity contribution in [1.29, 1.82) is 0 Å². The number of ketones is 1. The summed E-state index contributed by atoms with van der Waals surface area (Å²) in [7, 11) is -3.45. The van der Waals surface area contributed by atoms with Crippen molar-refractivity contribution in [2.45, 2.75) is 12.6 Å². The van der Waals surface area contributed by atoms with Gasteiger partial charge in [-0.3, -0.25) is 9.52 Å². The Morgan fingerprint density at radius 1 is 1.38 bits per heavy atom. The second-order valence-corrected chi connectivity index (χ2v) is 7.13. The van der Waals surface area contributed by atoms with Crippen LogP contribution in [0.15, 0.2) is 18.2 Å². The number of rotatable bonds is 4. The zero-order valence-electron chi connectivity index (χ0n) is 10.6. The van der Waals surface area contributed by atoms with Gasteiger partial charge in [-0.05, 0) is 18.2 Å². The summed E-state index contributed by atoms with van der Waals surface area (Å²) in [6.07, 6.45) is -4.73. The van der Waals surface area contributed by atoms with E-state index in [1.165, 1.54) is 18.2 Å². The molecule has 0 unspecified atom stereocenters. The largest absolute Gasteiger partial charge is 0.450 e. The molecule has 0 spiro atoms. The van der Waals surface area contributed by atoms with E-state index >= 15 is 0 Å². The SMILES string of the molecule is CS(=O)(=O)Nc1ccc2nc(CC(=O)C(F)(F)F)sc2c1. The number of hydrogen-bond acceptors (Lipinski definition) is 5. The maximum atomic E-state index is 12.2. The van der Waals surface area contributed by atoms with Gasteiger partial charge in [0.15, 0.2) is 0 Å². The fourth-order valence-corrected chi connectivity index (χ4v) is 3.12. The van der Waals surface area contributed by atoms with Gasteiger partial charge in [0.25, 0.3) is 0 Å². The predicted molar refractivity (Wildman–Crippen MR) is 72.9 cm³/mol. The van der Waals surface area contributed by atoms with E-state index in [-0.39, 0.29) is 10.7 Å². The summed E-state index contributed by atoms with van der Waals surface area (Å²) in [5.74, 6) is -1.86. The number of thiazole rings is 1. The Labute approximate surface area is 121 Å². The highest BCUT2D eigenvalue weighted by atomic mass is 32.2. The van der Waals surface area contributed by atoms with Gasteiger partial charge in [0.1, 0.15) is 5.01 Å². The Morgan fingerprint density at radius 2 is 2.05 bits per heavy atom. The van der Waals surface area contributed by atoms with E-state index < -0.39 is 28.4 Å². The molecule has 0 fully saturated rings. The Kier molecular flexibility index (Phi) is 3.93. The summed E-state index contributed by atoms with van der Waals surface area (Å²) in [6, 6.07) is 4.37. The molecule has 0 aliphatic heterocycles. The zero-order valence-corrected chi connectivity index (χ0v) is 12.2. The van der Waals surface area contributed by atoms with E-state index in [0.29, 0.717) is 10.2 Å². The molecule has 0 atom stereocenters. The number of fused-ring (bicyclic) bond motifs is 1. The second kappa shape index (κ2) is 5.26. The molecule has 21 heavy (non-hydrogen) atoms. The van der Waals surface area contributed by atoms with E-state index in [0.717, 1.165) is 17.6 Å². The number of carbonyl (C=O) groups excluding carboxylic acids is 1. The average Bonchev–Trinajstić information content (AvgIpc) is 2.66. The summed E-state index contributed by atoms with van der Waals surface area (Å²) >= 11 is 0.915. The average molecular weight is 338 g/mol. The molecule has 114 valence electrons. The molecule has 2 aromatic rings. The number of halogens is 3. The maximum Gasteiger partial charge on any atom is 0.450 e. The van der Waals surface area contributed by atoms with E-state index in [9.17, 15) is 26.4 Å². The predicted octanol–water partition coefficient (Wildman–Crippen LogP) is 2.34. The lowest BCUT2D eigenvalue weighted by Gasteiger charge is -2.02. The Balaban J connectivity index is 2.28. The number of sulfonamides is 1. The molecule has 1 heterocycles. The van der Waals surface area contributed by atoms with Crippen molar-refractivity contribution in [3.05, 3.63) is 23.2 Å². The third-order valence-corrected chi connectivity index (χ3v) is 3.99. The third kappa shape index (κ3) is 4.14. The molecule has 2 rings (SSSR count). The summed E-state index contributed by atoms with van der Waals surface area (Å²) < 4.78 is 61.5. The molecule has 1 aromatic heterocycles. The molecule has 0 aliphatic rings. The van der Waals surface area contributed by atoms with Gasteiger partial charge < -0.3 is 0 Å². The van der Waals surface area contributed by atoms with Gasteiger partial charge in [-0.1, -0.05) is 0 Å². The number of nitrogens with zero attached hydrogens (tertiary/aromatic N) is 1. The lowest BCUT2D eigenvalue weighted by atomic mass is 10.3. The van der Waals surface area contributed by atoms with Crippen LogP contribution in [-0.4, -0.2) is 31.6 Å². The van der Waals surface area contributed by atoms with Crippen LogP contribution in [-0.2, 0) is 21.2 Å². The van der Waals surface area contributed by atoms with Gasteiger partial charge in [0.05, 0.1) is 28.6 Å². The van der Waals surface area contributed by atoms with Crippen LogP contribution in [0.5, 0.6) is 0 Å². The Morgan fingerprint density at radius 3 is 2.62 bits per heavy atom. The number of Topliss-reactive ketones (excluding diaryl/α,β-unsaturated/α-hetero) is 1. The normalized spacial score (nSPS) is 12.6. The fraction of sp³-hybridized carbons (Fsp3) is 0.273. The van der Waals surface area contributed by atoms with Crippen molar-refractivity contribution < 1.29 is 26.4 Å². The molecule has 0 saturated heterocycles. The molecule has 1 N–H and O–H groups in total. The van der Waals surface area contributed by atoms with Gasteiger partial charge >= 0.3 is 6.18 Å². The summed E-state index contributed by atoms with van der Waals surface area (Å²) in [6.45, 7) is 0. The monoisotopic (exact) mass is 338 g/mol. The number of alkyl halides is 3. The van der Waals surface area contributed by atoms with Crippen LogP contribution in [0.2, 0.25) is 0 Å². The number of hydrogen-bond donors (Lipinski definition) is 1. The smallest absolute Gasteiger partial charge is 0.289 e. The summed E-state index contributed by atoms with van der Waals surface area (Å²) in [4.78, 5) is 14.8. The van der Waals surface area contributed by atoms with Crippen molar-refractivity contribution in [2.75, 3.05) is 11.0 Å². The molecule has 0 aliphatic carbocycles. The van der Waals surface area contributed by atoms with Gasteiger partial charge in [-0.2, -0.15) is 13.2 Å². The molecule has 0 amide bonds. The molecule has 0 saturated carbocycles. The van der Waals surface area contributed by atoms with Crippen LogP contribution in [0.1, 0.15) is 5.01 Å². The van der Waals surface area contributed by atoms with Crippen LogP contribution >= 0.6 is 11.3 Å². The minimum atomic E-state index is -4.89. The van der Waals surface area contributed by atoms with Crippen LogP contribution in [0.3, 0.4) is 0 Å². The second-order valence-electron chi connectivity index (χ2n) is 4.26. The highest BCUT2D eigenvalue weighted by Crippen LogP contribution is 2.27. The topological polar surface area (TPSA) is 76.1 Å². The van der Waals surface area contributed by atoms with Crippen LogP contribution in [0.25, 0.3) is 10.2 Å². The lowest BCUT2D eigenvalue weighted by molar-refractivity contribution is -0.170. The Hall–Kier alpha value is -1.68. The van der Waals surface area contributed by atoms with E-state index in [2.05, 4.69) is 9.71 Å².